The SMILES string of the molecule is COCCOCCOCCN(C)CCCCCBr. The zero-order valence-electron chi connectivity index (χ0n) is 11.8. The quantitative estimate of drug-likeness (QED) is 0.362. The van der Waals surface area contributed by atoms with Gasteiger partial charge in [-0.25, -0.2) is 0 Å². The molecule has 0 rings (SSSR count). The molecular weight excluding hydrogens is 298 g/mol. The number of likely N-dealkylation sites (N-methyl/N-ethyl adjacent to an activating group) is 1. The van der Waals surface area contributed by atoms with Crippen molar-refractivity contribution in [3.8, 4) is 0 Å². The van der Waals surface area contributed by atoms with Crippen LogP contribution < -0.4 is 0 Å². The van der Waals surface area contributed by atoms with Gasteiger partial charge in [0.1, 0.15) is 0 Å². The summed E-state index contributed by atoms with van der Waals surface area (Å²) in [4.78, 5) is 2.32. The van der Waals surface area contributed by atoms with Crippen LogP contribution in [0.25, 0.3) is 0 Å². The zero-order valence-corrected chi connectivity index (χ0v) is 13.4. The highest BCUT2D eigenvalue weighted by atomic mass is 79.9. The van der Waals surface area contributed by atoms with E-state index in [1.54, 1.807) is 7.11 Å². The van der Waals surface area contributed by atoms with E-state index in [1.165, 1.54) is 19.3 Å². The van der Waals surface area contributed by atoms with E-state index in [4.69, 9.17) is 14.2 Å². The molecule has 0 spiro atoms. The van der Waals surface area contributed by atoms with Crippen molar-refractivity contribution in [1.82, 2.24) is 4.90 Å². The third-order valence-electron chi connectivity index (χ3n) is 2.59. The lowest BCUT2D eigenvalue weighted by atomic mass is 10.2. The average Bonchev–Trinajstić information content (AvgIpc) is 2.38. The molecule has 0 N–H and O–H groups in total. The molecule has 0 aliphatic carbocycles. The Morgan fingerprint density at radius 2 is 1.50 bits per heavy atom. The molecule has 0 radical (unpaired) electrons. The summed E-state index contributed by atoms with van der Waals surface area (Å²) in [6.07, 6.45) is 3.83. The number of hydrogen-bond acceptors (Lipinski definition) is 4. The molecule has 0 bridgehead atoms. The number of rotatable bonds is 14. The van der Waals surface area contributed by atoms with Crippen molar-refractivity contribution >= 4 is 15.9 Å². The molecule has 0 fully saturated rings. The van der Waals surface area contributed by atoms with Gasteiger partial charge in [0, 0.05) is 19.0 Å². The molecule has 0 amide bonds. The zero-order chi connectivity index (χ0) is 13.5. The fourth-order valence-electron chi connectivity index (χ4n) is 1.45. The Morgan fingerprint density at radius 1 is 0.833 bits per heavy atom. The number of alkyl halides is 1. The molecule has 18 heavy (non-hydrogen) atoms. The van der Waals surface area contributed by atoms with Crippen LogP contribution in [-0.2, 0) is 14.2 Å². The van der Waals surface area contributed by atoms with Gasteiger partial charge in [-0.1, -0.05) is 22.4 Å². The van der Waals surface area contributed by atoms with Crippen LogP contribution in [0.2, 0.25) is 0 Å². The first-order chi connectivity index (χ1) is 8.81. The van der Waals surface area contributed by atoms with Crippen molar-refractivity contribution in [2.45, 2.75) is 19.3 Å². The highest BCUT2D eigenvalue weighted by Crippen LogP contribution is 1.99. The van der Waals surface area contributed by atoms with Crippen molar-refractivity contribution in [3.63, 3.8) is 0 Å². The second-order valence-electron chi connectivity index (χ2n) is 4.27. The van der Waals surface area contributed by atoms with Crippen LogP contribution >= 0.6 is 15.9 Å². The fourth-order valence-corrected chi connectivity index (χ4v) is 1.85. The normalized spacial score (nSPS) is 11.3. The summed E-state index contributed by atoms with van der Waals surface area (Å²) in [5.74, 6) is 0. The molecule has 0 aromatic heterocycles. The monoisotopic (exact) mass is 325 g/mol. The molecule has 5 heteroatoms. The molecule has 0 aromatic rings. The summed E-state index contributed by atoms with van der Waals surface area (Å²) in [6.45, 7) is 5.54. The number of nitrogens with zero attached hydrogens (tertiary/aromatic N) is 1. The molecule has 0 aliphatic rings. The minimum atomic E-state index is 0.646. The molecule has 0 atom stereocenters. The van der Waals surface area contributed by atoms with Crippen LogP contribution in [0.15, 0.2) is 0 Å². The Morgan fingerprint density at radius 3 is 2.17 bits per heavy atom. The summed E-state index contributed by atoms with van der Waals surface area (Å²) in [7, 11) is 3.82. The summed E-state index contributed by atoms with van der Waals surface area (Å²) in [5.41, 5.74) is 0. The Kier molecular flexibility index (Phi) is 15.7. The minimum absolute atomic E-state index is 0.646. The molecular formula is C13H28BrNO3. The summed E-state index contributed by atoms with van der Waals surface area (Å²) in [6, 6.07) is 0. The number of methoxy groups -OCH3 is 1. The van der Waals surface area contributed by atoms with Crippen LogP contribution in [0.3, 0.4) is 0 Å². The van der Waals surface area contributed by atoms with Crippen molar-refractivity contribution in [2.24, 2.45) is 0 Å². The molecule has 4 nitrogen and oxygen atoms in total. The molecule has 0 saturated carbocycles. The third kappa shape index (κ3) is 14.4. The first kappa shape index (κ1) is 18.3. The standard InChI is InChI=1S/C13H28BrNO3/c1-15(7-5-3-4-6-14)8-9-17-12-13-18-11-10-16-2/h3-13H2,1-2H3. The van der Waals surface area contributed by atoms with Gasteiger partial charge >= 0.3 is 0 Å². The Bertz CT molecular complexity index is 161. The van der Waals surface area contributed by atoms with Gasteiger partial charge in [0.25, 0.3) is 0 Å². The van der Waals surface area contributed by atoms with Gasteiger partial charge in [0.15, 0.2) is 0 Å². The summed E-state index contributed by atoms with van der Waals surface area (Å²) in [5, 5.41) is 1.11. The number of halogens is 1. The Labute approximate surface area is 120 Å². The average molecular weight is 326 g/mol. The Hall–Kier alpha value is 0.320. The maximum absolute atomic E-state index is 5.50. The lowest BCUT2D eigenvalue weighted by molar-refractivity contribution is 0.0208. The van der Waals surface area contributed by atoms with Gasteiger partial charge < -0.3 is 19.1 Å². The smallest absolute Gasteiger partial charge is 0.0701 e. The van der Waals surface area contributed by atoms with E-state index >= 15 is 0 Å². The predicted octanol–water partition coefficient (Wildman–Crippen LogP) is 2.16. The summed E-state index contributed by atoms with van der Waals surface area (Å²) >= 11 is 3.44. The fraction of sp³-hybridized carbons (Fsp3) is 1.00. The molecule has 0 unspecified atom stereocenters. The first-order valence-corrected chi connectivity index (χ1v) is 7.82. The predicted molar refractivity (Wildman–Crippen MR) is 78.7 cm³/mol. The van der Waals surface area contributed by atoms with Crippen LogP contribution in [0, 0.1) is 0 Å². The highest BCUT2D eigenvalue weighted by molar-refractivity contribution is 9.09. The maximum atomic E-state index is 5.50. The topological polar surface area (TPSA) is 30.9 Å². The van der Waals surface area contributed by atoms with Gasteiger partial charge in [-0.2, -0.15) is 0 Å². The first-order valence-electron chi connectivity index (χ1n) is 6.70. The van der Waals surface area contributed by atoms with Gasteiger partial charge in [-0.3, -0.25) is 0 Å². The summed E-state index contributed by atoms with van der Waals surface area (Å²) < 4.78 is 15.7. The lowest BCUT2D eigenvalue weighted by Crippen LogP contribution is -2.25. The second-order valence-corrected chi connectivity index (χ2v) is 5.06. The van der Waals surface area contributed by atoms with Crippen LogP contribution in [0.5, 0.6) is 0 Å². The largest absolute Gasteiger partial charge is 0.382 e. The van der Waals surface area contributed by atoms with E-state index < -0.39 is 0 Å². The van der Waals surface area contributed by atoms with Crippen LogP contribution in [-0.4, -0.2) is 70.5 Å². The van der Waals surface area contributed by atoms with Gasteiger partial charge in [0.05, 0.1) is 33.0 Å². The van der Waals surface area contributed by atoms with E-state index in [9.17, 15) is 0 Å². The molecule has 0 aliphatic heterocycles. The molecule has 0 heterocycles. The maximum Gasteiger partial charge on any atom is 0.0701 e. The molecule has 0 saturated heterocycles. The van der Waals surface area contributed by atoms with E-state index in [0.29, 0.717) is 26.4 Å². The Balaban J connectivity index is 3.08. The highest BCUT2D eigenvalue weighted by Gasteiger charge is 1.98. The van der Waals surface area contributed by atoms with Crippen LogP contribution in [0.1, 0.15) is 19.3 Å². The van der Waals surface area contributed by atoms with E-state index in [-0.39, 0.29) is 0 Å². The molecule has 0 aromatic carbocycles. The van der Waals surface area contributed by atoms with Crippen molar-refractivity contribution in [2.75, 3.05) is 65.6 Å². The second kappa shape index (κ2) is 15.4. The lowest BCUT2D eigenvalue weighted by Gasteiger charge is -2.16. The van der Waals surface area contributed by atoms with Gasteiger partial charge in [-0.05, 0) is 26.4 Å². The number of unbranched alkanes of at least 4 members (excludes halogenated alkanes) is 2. The minimum Gasteiger partial charge on any atom is -0.382 e. The number of ether oxygens (including phenoxy) is 3. The van der Waals surface area contributed by atoms with Crippen molar-refractivity contribution < 1.29 is 14.2 Å². The van der Waals surface area contributed by atoms with Gasteiger partial charge in [-0.15, -0.1) is 0 Å². The van der Waals surface area contributed by atoms with Crippen LogP contribution in [0.4, 0.5) is 0 Å². The van der Waals surface area contributed by atoms with Gasteiger partial charge in [0.2, 0.25) is 0 Å². The van der Waals surface area contributed by atoms with E-state index in [2.05, 4.69) is 27.9 Å². The third-order valence-corrected chi connectivity index (χ3v) is 3.16. The molecule has 110 valence electrons. The van der Waals surface area contributed by atoms with E-state index in [1.807, 2.05) is 0 Å². The van der Waals surface area contributed by atoms with Crippen molar-refractivity contribution in [1.29, 1.82) is 0 Å². The van der Waals surface area contributed by atoms with E-state index in [0.717, 1.165) is 25.0 Å². The number of hydrogen-bond donors (Lipinski definition) is 0. The van der Waals surface area contributed by atoms with Crippen molar-refractivity contribution in [3.05, 3.63) is 0 Å².